The van der Waals surface area contributed by atoms with Crippen LogP contribution < -0.4 is 19.1 Å². The molecule has 1 aliphatic heterocycles. The molecule has 3 rings (SSSR count). The lowest BCUT2D eigenvalue weighted by atomic mass is 10.1. The molecule has 1 heterocycles. The highest BCUT2D eigenvalue weighted by Crippen LogP contribution is 2.38. The first kappa shape index (κ1) is 19.9. The van der Waals surface area contributed by atoms with Crippen molar-refractivity contribution in [2.24, 2.45) is 0 Å². The Morgan fingerprint density at radius 2 is 1.39 bits per heavy atom. The van der Waals surface area contributed by atoms with Gasteiger partial charge < -0.3 is 24.0 Å². The van der Waals surface area contributed by atoms with Gasteiger partial charge in [0.15, 0.2) is 11.5 Å². The van der Waals surface area contributed by atoms with Crippen LogP contribution >= 0.6 is 0 Å². The molecule has 0 saturated carbocycles. The topological polar surface area (TPSA) is 51.2 Å². The summed E-state index contributed by atoms with van der Waals surface area (Å²) in [6, 6.07) is 9.77. The van der Waals surface area contributed by atoms with Crippen LogP contribution in [0.1, 0.15) is 21.5 Å². The number of anilines is 1. The van der Waals surface area contributed by atoms with Crippen LogP contribution in [0, 0.1) is 13.8 Å². The fourth-order valence-corrected chi connectivity index (χ4v) is 3.82. The summed E-state index contributed by atoms with van der Waals surface area (Å²) in [5.41, 5.74) is 4.35. The second-order valence-electron chi connectivity index (χ2n) is 6.93. The standard InChI is InChI=1S/C22H28N2O4/c1-15-7-6-8-16(2)20(15)23-9-11-24(12-10-23)22(25)17-13-18(26-3)21(28-5)19(14-17)27-4/h6-8,13-14H,9-12H2,1-5H3. The van der Waals surface area contributed by atoms with E-state index in [1.54, 1.807) is 33.5 Å². The molecule has 2 aromatic carbocycles. The number of aryl methyl sites for hydroxylation is 2. The average molecular weight is 384 g/mol. The Labute approximate surface area is 166 Å². The van der Waals surface area contributed by atoms with Crippen molar-refractivity contribution in [1.82, 2.24) is 4.90 Å². The number of carbonyl (C=O) groups excluding carboxylic acids is 1. The molecule has 150 valence electrons. The van der Waals surface area contributed by atoms with Gasteiger partial charge in [-0.2, -0.15) is 0 Å². The number of piperazine rings is 1. The Bertz CT molecular complexity index is 812. The SMILES string of the molecule is COc1cc(C(=O)N2CCN(c3c(C)cccc3C)CC2)cc(OC)c1OC. The molecule has 1 saturated heterocycles. The summed E-state index contributed by atoms with van der Waals surface area (Å²) in [5.74, 6) is 1.43. The van der Waals surface area contributed by atoms with Crippen molar-refractivity contribution in [3.05, 3.63) is 47.0 Å². The highest BCUT2D eigenvalue weighted by Gasteiger charge is 2.25. The molecule has 2 aromatic rings. The predicted octanol–water partition coefficient (Wildman–Crippen LogP) is 3.29. The summed E-state index contributed by atoms with van der Waals surface area (Å²) in [6.45, 7) is 7.22. The van der Waals surface area contributed by atoms with Gasteiger partial charge in [0.1, 0.15) is 0 Å². The summed E-state index contributed by atoms with van der Waals surface area (Å²) in [4.78, 5) is 17.3. The van der Waals surface area contributed by atoms with Gasteiger partial charge in [0.2, 0.25) is 5.75 Å². The normalized spacial score (nSPS) is 14.0. The van der Waals surface area contributed by atoms with Gasteiger partial charge in [-0.3, -0.25) is 4.79 Å². The highest BCUT2D eigenvalue weighted by atomic mass is 16.5. The minimum absolute atomic E-state index is 0.0274. The lowest BCUT2D eigenvalue weighted by Crippen LogP contribution is -2.49. The summed E-state index contributed by atoms with van der Waals surface area (Å²) in [6.07, 6.45) is 0. The zero-order chi connectivity index (χ0) is 20.3. The average Bonchev–Trinajstić information content (AvgIpc) is 2.72. The molecule has 0 unspecified atom stereocenters. The van der Waals surface area contributed by atoms with E-state index in [-0.39, 0.29) is 5.91 Å². The molecule has 1 amide bonds. The molecular weight excluding hydrogens is 356 g/mol. The number of rotatable bonds is 5. The molecule has 0 N–H and O–H groups in total. The van der Waals surface area contributed by atoms with Crippen molar-refractivity contribution >= 4 is 11.6 Å². The highest BCUT2D eigenvalue weighted by molar-refractivity contribution is 5.96. The van der Waals surface area contributed by atoms with Crippen molar-refractivity contribution in [3.63, 3.8) is 0 Å². The largest absolute Gasteiger partial charge is 0.493 e. The lowest BCUT2D eigenvalue weighted by molar-refractivity contribution is 0.0746. The molecule has 0 aliphatic carbocycles. The van der Waals surface area contributed by atoms with E-state index in [0.29, 0.717) is 35.9 Å². The molecule has 0 spiro atoms. The number of carbonyl (C=O) groups is 1. The van der Waals surface area contributed by atoms with Crippen LogP contribution in [-0.4, -0.2) is 58.3 Å². The van der Waals surface area contributed by atoms with Crippen molar-refractivity contribution in [3.8, 4) is 17.2 Å². The fourth-order valence-electron chi connectivity index (χ4n) is 3.82. The third-order valence-electron chi connectivity index (χ3n) is 5.23. The maximum Gasteiger partial charge on any atom is 0.254 e. The van der Waals surface area contributed by atoms with E-state index in [1.807, 2.05) is 4.90 Å². The number of hydrogen-bond acceptors (Lipinski definition) is 5. The minimum Gasteiger partial charge on any atom is -0.493 e. The van der Waals surface area contributed by atoms with E-state index in [4.69, 9.17) is 14.2 Å². The predicted molar refractivity (Wildman–Crippen MR) is 110 cm³/mol. The first-order chi connectivity index (χ1) is 13.5. The molecular formula is C22H28N2O4. The van der Waals surface area contributed by atoms with Crippen LogP contribution in [0.15, 0.2) is 30.3 Å². The molecule has 6 heteroatoms. The number of nitrogens with zero attached hydrogens (tertiary/aromatic N) is 2. The van der Waals surface area contributed by atoms with E-state index in [2.05, 4.69) is 36.9 Å². The smallest absolute Gasteiger partial charge is 0.254 e. The Morgan fingerprint density at radius 3 is 1.86 bits per heavy atom. The molecule has 0 aromatic heterocycles. The first-order valence-electron chi connectivity index (χ1n) is 9.40. The maximum atomic E-state index is 13.1. The Morgan fingerprint density at radius 1 is 0.857 bits per heavy atom. The Kier molecular flexibility index (Phi) is 5.97. The number of amides is 1. The Hall–Kier alpha value is -2.89. The van der Waals surface area contributed by atoms with Crippen LogP contribution in [0.3, 0.4) is 0 Å². The van der Waals surface area contributed by atoms with Gasteiger partial charge in [-0.15, -0.1) is 0 Å². The van der Waals surface area contributed by atoms with Crippen LogP contribution in [0.2, 0.25) is 0 Å². The second kappa shape index (κ2) is 8.42. The molecule has 0 radical (unpaired) electrons. The van der Waals surface area contributed by atoms with Crippen molar-refractivity contribution in [1.29, 1.82) is 0 Å². The molecule has 1 aliphatic rings. The van der Waals surface area contributed by atoms with Gasteiger partial charge in [0.05, 0.1) is 21.3 Å². The summed E-state index contributed by atoms with van der Waals surface area (Å²) in [5, 5.41) is 0. The van der Waals surface area contributed by atoms with Gasteiger partial charge in [0.25, 0.3) is 5.91 Å². The van der Waals surface area contributed by atoms with Gasteiger partial charge in [-0.05, 0) is 37.1 Å². The van der Waals surface area contributed by atoms with Crippen molar-refractivity contribution in [2.45, 2.75) is 13.8 Å². The summed E-state index contributed by atoms with van der Waals surface area (Å²) in [7, 11) is 4.65. The molecule has 28 heavy (non-hydrogen) atoms. The van der Waals surface area contributed by atoms with Gasteiger partial charge in [-0.25, -0.2) is 0 Å². The summed E-state index contributed by atoms with van der Waals surface area (Å²) >= 11 is 0. The van der Waals surface area contributed by atoms with Gasteiger partial charge >= 0.3 is 0 Å². The van der Waals surface area contributed by atoms with E-state index < -0.39 is 0 Å². The number of benzene rings is 2. The third kappa shape index (κ3) is 3.72. The van der Waals surface area contributed by atoms with Crippen LogP contribution in [0.5, 0.6) is 17.2 Å². The summed E-state index contributed by atoms with van der Waals surface area (Å²) < 4.78 is 16.1. The van der Waals surface area contributed by atoms with E-state index in [9.17, 15) is 4.79 Å². The van der Waals surface area contributed by atoms with E-state index >= 15 is 0 Å². The van der Waals surface area contributed by atoms with Crippen LogP contribution in [0.4, 0.5) is 5.69 Å². The first-order valence-corrected chi connectivity index (χ1v) is 9.40. The van der Waals surface area contributed by atoms with Crippen molar-refractivity contribution < 1.29 is 19.0 Å². The van der Waals surface area contributed by atoms with Crippen LogP contribution in [-0.2, 0) is 0 Å². The van der Waals surface area contributed by atoms with Gasteiger partial charge in [-0.1, -0.05) is 18.2 Å². The molecule has 6 nitrogen and oxygen atoms in total. The Balaban J connectivity index is 1.77. The van der Waals surface area contributed by atoms with Crippen molar-refractivity contribution in [2.75, 3.05) is 52.4 Å². The quantitative estimate of drug-likeness (QED) is 0.792. The number of ether oxygens (including phenoxy) is 3. The zero-order valence-corrected chi connectivity index (χ0v) is 17.2. The lowest BCUT2D eigenvalue weighted by Gasteiger charge is -2.37. The molecule has 0 bridgehead atoms. The maximum absolute atomic E-state index is 13.1. The van der Waals surface area contributed by atoms with E-state index in [1.165, 1.54) is 16.8 Å². The number of hydrogen-bond donors (Lipinski definition) is 0. The number of para-hydroxylation sites is 1. The zero-order valence-electron chi connectivity index (χ0n) is 17.2. The number of methoxy groups -OCH3 is 3. The van der Waals surface area contributed by atoms with E-state index in [0.717, 1.165) is 13.1 Å². The minimum atomic E-state index is -0.0274. The molecule has 1 fully saturated rings. The molecule has 0 atom stereocenters. The van der Waals surface area contributed by atoms with Crippen LogP contribution in [0.25, 0.3) is 0 Å². The third-order valence-corrected chi connectivity index (χ3v) is 5.23. The van der Waals surface area contributed by atoms with Gasteiger partial charge in [0, 0.05) is 37.4 Å². The monoisotopic (exact) mass is 384 g/mol. The fraction of sp³-hybridized carbons (Fsp3) is 0.409. The second-order valence-corrected chi connectivity index (χ2v) is 6.93.